The van der Waals surface area contributed by atoms with Crippen LogP contribution in [0.2, 0.25) is 0 Å². The van der Waals surface area contributed by atoms with Gasteiger partial charge in [0, 0.05) is 25.7 Å². The zero-order valence-corrected chi connectivity index (χ0v) is 14.4. The summed E-state index contributed by atoms with van der Waals surface area (Å²) in [6.45, 7) is 4.35. The number of nitro benzene ring substituents is 1. The molecule has 2 N–H and O–H groups in total. The Balaban J connectivity index is 0.00000484. The van der Waals surface area contributed by atoms with E-state index in [1.165, 1.54) is 17.0 Å². The van der Waals surface area contributed by atoms with E-state index in [9.17, 15) is 14.9 Å². The molecular weight excluding hydrogens is 322 g/mol. The van der Waals surface area contributed by atoms with Crippen molar-refractivity contribution < 1.29 is 14.5 Å². The van der Waals surface area contributed by atoms with Crippen molar-refractivity contribution in [3.05, 3.63) is 34.4 Å². The number of rotatable bonds is 8. The van der Waals surface area contributed by atoms with E-state index in [-0.39, 0.29) is 42.4 Å². The lowest BCUT2D eigenvalue weighted by atomic mass is 10.0. The number of halogens is 1. The van der Waals surface area contributed by atoms with Gasteiger partial charge in [0.2, 0.25) is 0 Å². The number of para-hydroxylation sites is 2. The van der Waals surface area contributed by atoms with E-state index in [1.807, 2.05) is 13.8 Å². The van der Waals surface area contributed by atoms with Gasteiger partial charge in [-0.3, -0.25) is 14.9 Å². The molecule has 0 aliphatic rings. The highest BCUT2D eigenvalue weighted by Crippen LogP contribution is 2.25. The van der Waals surface area contributed by atoms with Crippen molar-refractivity contribution in [1.29, 1.82) is 0 Å². The lowest BCUT2D eigenvalue weighted by Gasteiger charge is -2.21. The first-order valence-corrected chi connectivity index (χ1v) is 7.18. The van der Waals surface area contributed by atoms with Gasteiger partial charge in [-0.25, -0.2) is 0 Å². The highest BCUT2D eigenvalue weighted by Gasteiger charge is 2.17. The quantitative estimate of drug-likeness (QED) is 0.575. The second-order valence-electron chi connectivity index (χ2n) is 5.53. The molecule has 0 aromatic heterocycles. The summed E-state index contributed by atoms with van der Waals surface area (Å²) in [5.41, 5.74) is 5.79. The van der Waals surface area contributed by atoms with Gasteiger partial charge in [0.15, 0.2) is 12.4 Å². The summed E-state index contributed by atoms with van der Waals surface area (Å²) in [6.07, 6.45) is 0.700. The smallest absolute Gasteiger partial charge is 0.310 e. The first-order chi connectivity index (χ1) is 10.3. The minimum absolute atomic E-state index is 0. The maximum absolute atomic E-state index is 12.0. The number of nitrogens with two attached hydrogens (primary N) is 1. The second-order valence-corrected chi connectivity index (χ2v) is 5.53. The summed E-state index contributed by atoms with van der Waals surface area (Å²) < 4.78 is 5.27. The first kappa shape index (κ1) is 21.1. The first-order valence-electron chi connectivity index (χ1n) is 7.18. The van der Waals surface area contributed by atoms with Gasteiger partial charge in [0.05, 0.1) is 4.92 Å². The van der Waals surface area contributed by atoms with Gasteiger partial charge < -0.3 is 15.4 Å². The van der Waals surface area contributed by atoms with E-state index in [4.69, 9.17) is 10.5 Å². The summed E-state index contributed by atoms with van der Waals surface area (Å²) in [6, 6.07) is 6.02. The SMILES string of the molecule is CC(C)C(N)CCN(C)C(=O)COc1ccccc1[N+](=O)[O-].Cl. The molecule has 1 rings (SSSR count). The molecule has 0 fully saturated rings. The number of hydrogen-bond acceptors (Lipinski definition) is 5. The lowest BCUT2D eigenvalue weighted by Crippen LogP contribution is -2.36. The summed E-state index contributed by atoms with van der Waals surface area (Å²) in [4.78, 5) is 23.8. The Morgan fingerprint density at radius 2 is 2.00 bits per heavy atom. The van der Waals surface area contributed by atoms with Gasteiger partial charge in [0.25, 0.3) is 5.91 Å². The van der Waals surface area contributed by atoms with Crippen LogP contribution in [0.15, 0.2) is 24.3 Å². The predicted molar refractivity (Wildman–Crippen MR) is 90.9 cm³/mol. The van der Waals surface area contributed by atoms with Gasteiger partial charge in [-0.05, 0) is 18.4 Å². The molecule has 0 bridgehead atoms. The number of benzene rings is 1. The summed E-state index contributed by atoms with van der Waals surface area (Å²) >= 11 is 0. The fourth-order valence-corrected chi connectivity index (χ4v) is 1.78. The molecule has 0 aliphatic heterocycles. The Labute approximate surface area is 142 Å². The van der Waals surface area contributed by atoms with Crippen molar-refractivity contribution in [2.75, 3.05) is 20.2 Å². The number of carbonyl (C=O) groups is 1. The van der Waals surface area contributed by atoms with Crippen LogP contribution in [-0.2, 0) is 4.79 Å². The molecule has 130 valence electrons. The molecule has 1 amide bonds. The molecule has 0 saturated carbocycles. The van der Waals surface area contributed by atoms with Crippen LogP contribution < -0.4 is 10.5 Å². The summed E-state index contributed by atoms with van der Waals surface area (Å²) in [5, 5.41) is 10.9. The van der Waals surface area contributed by atoms with Crippen molar-refractivity contribution in [2.45, 2.75) is 26.3 Å². The van der Waals surface area contributed by atoms with Gasteiger partial charge in [-0.1, -0.05) is 26.0 Å². The normalized spacial score (nSPS) is 11.5. The van der Waals surface area contributed by atoms with Crippen LogP contribution in [0.3, 0.4) is 0 Å². The number of carbonyl (C=O) groups excluding carboxylic acids is 1. The van der Waals surface area contributed by atoms with E-state index in [2.05, 4.69) is 0 Å². The molecule has 0 aliphatic carbocycles. The van der Waals surface area contributed by atoms with Gasteiger partial charge in [-0.15, -0.1) is 12.4 Å². The van der Waals surface area contributed by atoms with Crippen LogP contribution >= 0.6 is 12.4 Å². The average molecular weight is 346 g/mol. The number of amides is 1. The predicted octanol–water partition coefficient (Wildman–Crippen LogP) is 2.23. The topological polar surface area (TPSA) is 98.7 Å². The Bertz CT molecular complexity index is 525. The standard InChI is InChI=1S/C15H23N3O4.ClH/c1-11(2)12(16)8-9-17(3)15(19)10-22-14-7-5-4-6-13(14)18(20)21;/h4-7,11-12H,8-10,16H2,1-3H3;1H. The van der Waals surface area contributed by atoms with Gasteiger partial charge in [0.1, 0.15) is 0 Å². The maximum Gasteiger partial charge on any atom is 0.310 e. The second kappa shape index (κ2) is 10.0. The van der Waals surface area contributed by atoms with Crippen molar-refractivity contribution in [2.24, 2.45) is 11.7 Å². The van der Waals surface area contributed by atoms with Gasteiger partial charge in [-0.2, -0.15) is 0 Å². The Hall–Kier alpha value is -1.86. The Morgan fingerprint density at radius 3 is 2.57 bits per heavy atom. The molecule has 0 heterocycles. The molecule has 7 nitrogen and oxygen atoms in total. The molecule has 1 unspecified atom stereocenters. The molecule has 0 radical (unpaired) electrons. The number of nitro groups is 1. The third-order valence-electron chi connectivity index (χ3n) is 3.49. The fourth-order valence-electron chi connectivity index (χ4n) is 1.78. The molecule has 8 heteroatoms. The zero-order chi connectivity index (χ0) is 16.7. The highest BCUT2D eigenvalue weighted by atomic mass is 35.5. The third-order valence-corrected chi connectivity index (χ3v) is 3.49. The summed E-state index contributed by atoms with van der Waals surface area (Å²) in [7, 11) is 1.66. The van der Waals surface area contributed by atoms with E-state index >= 15 is 0 Å². The van der Waals surface area contributed by atoms with Crippen molar-refractivity contribution in [3.8, 4) is 5.75 Å². The average Bonchev–Trinajstić information content (AvgIpc) is 2.49. The Kier molecular flexibility index (Phi) is 9.21. The molecule has 1 atom stereocenters. The molecule has 1 aromatic rings. The van der Waals surface area contributed by atoms with E-state index in [0.717, 1.165) is 0 Å². The number of likely N-dealkylation sites (N-methyl/N-ethyl adjacent to an activating group) is 1. The van der Waals surface area contributed by atoms with Crippen LogP contribution in [0.25, 0.3) is 0 Å². The van der Waals surface area contributed by atoms with Crippen molar-refractivity contribution >= 4 is 24.0 Å². The van der Waals surface area contributed by atoms with Gasteiger partial charge >= 0.3 is 5.69 Å². The monoisotopic (exact) mass is 345 g/mol. The molecule has 1 aromatic carbocycles. The third kappa shape index (κ3) is 6.83. The van der Waals surface area contributed by atoms with Crippen LogP contribution in [0.5, 0.6) is 5.75 Å². The lowest BCUT2D eigenvalue weighted by molar-refractivity contribution is -0.385. The fraction of sp³-hybridized carbons (Fsp3) is 0.533. The number of ether oxygens (including phenoxy) is 1. The van der Waals surface area contributed by atoms with Crippen LogP contribution in [0.1, 0.15) is 20.3 Å². The van der Waals surface area contributed by atoms with E-state index < -0.39 is 4.92 Å². The molecular formula is C15H24ClN3O4. The largest absolute Gasteiger partial charge is 0.477 e. The molecule has 23 heavy (non-hydrogen) atoms. The minimum atomic E-state index is -0.537. The van der Waals surface area contributed by atoms with Crippen molar-refractivity contribution in [3.63, 3.8) is 0 Å². The van der Waals surface area contributed by atoms with E-state index in [0.29, 0.717) is 18.9 Å². The summed E-state index contributed by atoms with van der Waals surface area (Å²) in [5.74, 6) is 0.203. The number of nitrogens with zero attached hydrogens (tertiary/aromatic N) is 2. The van der Waals surface area contributed by atoms with Crippen LogP contribution in [-0.4, -0.2) is 42.0 Å². The number of hydrogen-bond donors (Lipinski definition) is 1. The highest BCUT2D eigenvalue weighted by molar-refractivity contribution is 5.85. The van der Waals surface area contributed by atoms with Crippen LogP contribution in [0.4, 0.5) is 5.69 Å². The maximum atomic E-state index is 12.0. The Morgan fingerprint density at radius 1 is 1.39 bits per heavy atom. The molecule has 0 spiro atoms. The van der Waals surface area contributed by atoms with E-state index in [1.54, 1.807) is 19.2 Å². The van der Waals surface area contributed by atoms with Crippen molar-refractivity contribution in [1.82, 2.24) is 4.90 Å². The van der Waals surface area contributed by atoms with Crippen LogP contribution in [0, 0.1) is 16.0 Å². The minimum Gasteiger partial charge on any atom is -0.477 e. The molecule has 0 saturated heterocycles. The zero-order valence-electron chi connectivity index (χ0n) is 13.6.